The van der Waals surface area contributed by atoms with Gasteiger partial charge in [0.15, 0.2) is 5.75 Å². The Morgan fingerprint density at radius 3 is 2.18 bits per heavy atom. The number of alkyl carbamates (subject to hydrolysis) is 1. The molecular weight excluding hydrogens is 589 g/mol. The van der Waals surface area contributed by atoms with Gasteiger partial charge < -0.3 is 19.5 Å². The summed E-state index contributed by atoms with van der Waals surface area (Å²) < 4.78 is 18.0. The van der Waals surface area contributed by atoms with E-state index in [-0.39, 0.29) is 5.92 Å². The van der Waals surface area contributed by atoms with Gasteiger partial charge >= 0.3 is 6.09 Å². The minimum Gasteiger partial charge on any atom is -0.490 e. The first-order valence-corrected chi connectivity index (χ1v) is 14.0. The molecule has 1 N–H and O–H groups in total. The second kappa shape index (κ2) is 13.6. The van der Waals surface area contributed by atoms with Crippen LogP contribution in [0.4, 0.5) is 4.79 Å². The van der Waals surface area contributed by atoms with Crippen LogP contribution < -0.4 is 14.8 Å². The standard InChI is InChI=1S/C30H34BrCl2NO4/c1-19-14-26(32)28(27(33)15-19)37-13-12-36-24-9-6-21(7-10-24)17-22(18-34-29(35)38-30(3,4)5)25-11-8-23(31)16-20(25)2/h6-11,14-16,22H,12-13,17-18H2,1-5H3,(H,34,35). The number of nitrogens with one attached hydrogen (secondary N) is 1. The van der Waals surface area contributed by atoms with Crippen LogP contribution in [0.1, 0.15) is 48.9 Å². The van der Waals surface area contributed by atoms with Gasteiger partial charge in [-0.2, -0.15) is 0 Å². The molecule has 1 unspecified atom stereocenters. The largest absolute Gasteiger partial charge is 0.490 e. The number of amides is 1. The molecule has 3 aromatic rings. The Kier molecular flexibility index (Phi) is 10.8. The lowest BCUT2D eigenvalue weighted by Gasteiger charge is -2.23. The predicted molar refractivity (Wildman–Crippen MR) is 158 cm³/mol. The number of hydrogen-bond donors (Lipinski definition) is 1. The van der Waals surface area contributed by atoms with Crippen LogP contribution in [0.15, 0.2) is 59.1 Å². The van der Waals surface area contributed by atoms with E-state index < -0.39 is 11.7 Å². The van der Waals surface area contributed by atoms with E-state index in [0.717, 1.165) is 33.3 Å². The van der Waals surface area contributed by atoms with E-state index in [9.17, 15) is 4.79 Å². The summed E-state index contributed by atoms with van der Waals surface area (Å²) in [4.78, 5) is 12.3. The van der Waals surface area contributed by atoms with Crippen LogP contribution in [0.2, 0.25) is 10.0 Å². The highest BCUT2D eigenvalue weighted by Crippen LogP contribution is 2.34. The number of benzene rings is 3. The monoisotopic (exact) mass is 621 g/mol. The Balaban J connectivity index is 1.60. The van der Waals surface area contributed by atoms with E-state index >= 15 is 0 Å². The number of hydrogen-bond acceptors (Lipinski definition) is 4. The molecular formula is C30H34BrCl2NO4. The van der Waals surface area contributed by atoms with E-state index in [4.69, 9.17) is 37.4 Å². The molecule has 3 rings (SSSR count). The first-order chi connectivity index (χ1) is 17.9. The summed E-state index contributed by atoms with van der Waals surface area (Å²) in [7, 11) is 0. The second-order valence-electron chi connectivity index (χ2n) is 10.2. The average Bonchev–Trinajstić information content (AvgIpc) is 2.81. The molecule has 0 aliphatic heterocycles. The Hall–Kier alpha value is -2.41. The van der Waals surface area contributed by atoms with Gasteiger partial charge in [-0.1, -0.05) is 57.3 Å². The third-order valence-corrected chi connectivity index (χ3v) is 6.76. The van der Waals surface area contributed by atoms with Gasteiger partial charge in [-0.05, 0) is 99.7 Å². The summed E-state index contributed by atoms with van der Waals surface area (Å²) in [6.45, 7) is 10.7. The summed E-state index contributed by atoms with van der Waals surface area (Å²) in [5.41, 5.74) is 3.89. The molecule has 0 fully saturated rings. The van der Waals surface area contributed by atoms with E-state index in [1.54, 1.807) is 0 Å². The van der Waals surface area contributed by atoms with Crippen molar-refractivity contribution in [2.75, 3.05) is 19.8 Å². The summed E-state index contributed by atoms with van der Waals surface area (Å²) >= 11 is 16.0. The maximum atomic E-state index is 12.3. The molecule has 0 saturated carbocycles. The molecule has 0 aromatic heterocycles. The fraction of sp³-hybridized carbons (Fsp3) is 0.367. The molecule has 0 spiro atoms. The molecule has 0 aliphatic carbocycles. The molecule has 38 heavy (non-hydrogen) atoms. The molecule has 8 heteroatoms. The van der Waals surface area contributed by atoms with Crippen molar-refractivity contribution in [2.24, 2.45) is 0 Å². The summed E-state index contributed by atoms with van der Waals surface area (Å²) in [6, 6.07) is 17.8. The van der Waals surface area contributed by atoms with E-state index in [0.29, 0.717) is 35.6 Å². The fourth-order valence-corrected chi connectivity index (χ4v) is 5.22. The van der Waals surface area contributed by atoms with Crippen LogP contribution in [0.25, 0.3) is 0 Å². The molecule has 5 nitrogen and oxygen atoms in total. The first-order valence-electron chi connectivity index (χ1n) is 12.4. The minimum atomic E-state index is -0.549. The molecule has 204 valence electrons. The maximum absolute atomic E-state index is 12.3. The quantitative estimate of drug-likeness (QED) is 0.230. The van der Waals surface area contributed by atoms with E-state index in [2.05, 4.69) is 40.3 Å². The van der Waals surface area contributed by atoms with Gasteiger partial charge in [0.2, 0.25) is 0 Å². The molecule has 1 atom stereocenters. The fourth-order valence-electron chi connectivity index (χ4n) is 4.04. The zero-order valence-corrected chi connectivity index (χ0v) is 25.5. The van der Waals surface area contributed by atoms with Gasteiger partial charge in [-0.15, -0.1) is 0 Å². The van der Waals surface area contributed by atoms with Crippen molar-refractivity contribution in [2.45, 2.75) is 52.6 Å². The number of carbonyl (C=O) groups is 1. The average molecular weight is 623 g/mol. The lowest BCUT2D eigenvalue weighted by Crippen LogP contribution is -2.35. The van der Waals surface area contributed by atoms with Gasteiger partial charge in [-0.3, -0.25) is 0 Å². The third kappa shape index (κ3) is 9.40. The van der Waals surface area contributed by atoms with Gasteiger partial charge in [0.1, 0.15) is 24.6 Å². The second-order valence-corrected chi connectivity index (χ2v) is 11.9. The van der Waals surface area contributed by atoms with E-state index in [1.807, 2.05) is 70.2 Å². The SMILES string of the molecule is Cc1cc(Cl)c(OCCOc2ccc(CC(CNC(=O)OC(C)(C)C)c3ccc(Br)cc3C)cc2)c(Cl)c1. The van der Waals surface area contributed by atoms with Crippen LogP contribution in [-0.2, 0) is 11.2 Å². The number of aryl methyl sites for hydroxylation is 2. The van der Waals surface area contributed by atoms with Crippen molar-refractivity contribution >= 4 is 45.2 Å². The Morgan fingerprint density at radius 1 is 0.947 bits per heavy atom. The van der Waals surface area contributed by atoms with Gasteiger partial charge in [0.05, 0.1) is 10.0 Å². The Labute approximate surface area is 243 Å². The molecule has 0 aliphatic rings. The molecule has 0 saturated heterocycles. The van der Waals surface area contributed by atoms with Crippen LogP contribution in [0.5, 0.6) is 11.5 Å². The van der Waals surface area contributed by atoms with Gasteiger partial charge in [-0.25, -0.2) is 4.79 Å². The Bertz CT molecular complexity index is 1220. The zero-order chi connectivity index (χ0) is 27.9. The molecule has 0 bridgehead atoms. The van der Waals surface area contributed by atoms with Crippen LogP contribution in [-0.4, -0.2) is 31.5 Å². The van der Waals surface area contributed by atoms with Crippen molar-refractivity contribution in [1.82, 2.24) is 5.32 Å². The molecule has 1 amide bonds. The van der Waals surface area contributed by atoms with Crippen molar-refractivity contribution in [1.29, 1.82) is 0 Å². The van der Waals surface area contributed by atoms with Crippen molar-refractivity contribution < 1.29 is 19.0 Å². The van der Waals surface area contributed by atoms with Crippen molar-refractivity contribution in [3.63, 3.8) is 0 Å². The summed E-state index contributed by atoms with van der Waals surface area (Å²) in [5.74, 6) is 1.27. The summed E-state index contributed by atoms with van der Waals surface area (Å²) in [5, 5.41) is 3.90. The Morgan fingerprint density at radius 2 is 1.58 bits per heavy atom. The smallest absolute Gasteiger partial charge is 0.407 e. The van der Waals surface area contributed by atoms with Gasteiger partial charge in [0, 0.05) is 16.9 Å². The summed E-state index contributed by atoms with van der Waals surface area (Å²) in [6.07, 6.45) is 0.322. The van der Waals surface area contributed by atoms with Gasteiger partial charge in [0.25, 0.3) is 0 Å². The van der Waals surface area contributed by atoms with Crippen LogP contribution in [0, 0.1) is 13.8 Å². The normalized spacial score (nSPS) is 12.1. The maximum Gasteiger partial charge on any atom is 0.407 e. The highest BCUT2D eigenvalue weighted by molar-refractivity contribution is 9.10. The van der Waals surface area contributed by atoms with Crippen molar-refractivity contribution in [3.8, 4) is 11.5 Å². The zero-order valence-electron chi connectivity index (χ0n) is 22.4. The molecule has 0 heterocycles. The third-order valence-electron chi connectivity index (χ3n) is 5.71. The molecule has 3 aromatic carbocycles. The minimum absolute atomic E-state index is 0.0693. The number of halogens is 3. The van der Waals surface area contributed by atoms with Crippen LogP contribution >= 0.6 is 39.1 Å². The molecule has 0 radical (unpaired) electrons. The topological polar surface area (TPSA) is 56.8 Å². The highest BCUT2D eigenvalue weighted by Gasteiger charge is 2.20. The number of rotatable bonds is 10. The van der Waals surface area contributed by atoms with Crippen LogP contribution in [0.3, 0.4) is 0 Å². The highest BCUT2D eigenvalue weighted by atomic mass is 79.9. The number of ether oxygens (including phenoxy) is 3. The number of carbonyl (C=O) groups excluding carboxylic acids is 1. The van der Waals surface area contributed by atoms with Crippen molar-refractivity contribution in [3.05, 3.63) is 91.4 Å². The first kappa shape index (κ1) is 30.1. The van der Waals surface area contributed by atoms with E-state index in [1.165, 1.54) is 5.56 Å². The lowest BCUT2D eigenvalue weighted by molar-refractivity contribution is 0.0524. The predicted octanol–water partition coefficient (Wildman–Crippen LogP) is 8.68. The lowest BCUT2D eigenvalue weighted by atomic mass is 9.89.